The zero-order valence-corrected chi connectivity index (χ0v) is 15.7. The fraction of sp³-hybridized carbons (Fsp3) is 0.304. The third-order valence-corrected chi connectivity index (χ3v) is 4.04. The fourth-order valence-corrected chi connectivity index (χ4v) is 2.57. The van der Waals surface area contributed by atoms with E-state index in [1.807, 2.05) is 42.5 Å². The van der Waals surface area contributed by atoms with Crippen molar-refractivity contribution in [3.8, 4) is 28.7 Å². The van der Waals surface area contributed by atoms with Gasteiger partial charge in [0.15, 0.2) is 0 Å². The predicted octanol–water partition coefficient (Wildman–Crippen LogP) is 5.69. The van der Waals surface area contributed by atoms with Crippen LogP contribution in [0.1, 0.15) is 39.0 Å². The summed E-state index contributed by atoms with van der Waals surface area (Å²) in [4.78, 5) is 11.9. The Hall–Kier alpha value is -3.06. The molecular formula is C23H25NO3. The fourth-order valence-electron chi connectivity index (χ4n) is 2.57. The van der Waals surface area contributed by atoms with Gasteiger partial charge in [-0.05, 0) is 43.5 Å². The molecule has 0 amide bonds. The van der Waals surface area contributed by atoms with Crippen LogP contribution in [0.4, 0.5) is 0 Å². The molecule has 0 aliphatic heterocycles. The number of rotatable bonds is 10. The zero-order chi connectivity index (χ0) is 19.5. The molecule has 0 saturated heterocycles. The van der Waals surface area contributed by atoms with Crippen LogP contribution in [0.15, 0.2) is 60.7 Å². The predicted molar refractivity (Wildman–Crippen MR) is 107 cm³/mol. The smallest absolute Gasteiger partial charge is 0.338 e. The summed E-state index contributed by atoms with van der Waals surface area (Å²) in [7, 11) is 0. The zero-order valence-electron chi connectivity index (χ0n) is 15.7. The van der Waals surface area contributed by atoms with E-state index in [2.05, 4.69) is 12.6 Å². The summed E-state index contributed by atoms with van der Waals surface area (Å²) in [6, 6.07) is 17.4. The van der Waals surface area contributed by atoms with E-state index in [4.69, 9.17) is 14.7 Å². The van der Waals surface area contributed by atoms with Crippen molar-refractivity contribution in [2.75, 3.05) is 6.61 Å². The van der Waals surface area contributed by atoms with Crippen LogP contribution in [0.25, 0.3) is 11.1 Å². The monoisotopic (exact) mass is 363 g/mol. The number of carbonyl (C=O) groups is 1. The lowest BCUT2D eigenvalue weighted by Crippen LogP contribution is -2.09. The topological polar surface area (TPSA) is 59.3 Å². The number of hydrogen-bond acceptors (Lipinski definition) is 4. The molecule has 0 N–H and O–H groups in total. The molecule has 140 valence electrons. The van der Waals surface area contributed by atoms with E-state index >= 15 is 0 Å². The maximum Gasteiger partial charge on any atom is 0.338 e. The van der Waals surface area contributed by atoms with Gasteiger partial charge in [-0.3, -0.25) is 0 Å². The Morgan fingerprint density at radius 1 is 1.07 bits per heavy atom. The van der Waals surface area contributed by atoms with Crippen LogP contribution >= 0.6 is 0 Å². The Kier molecular flexibility index (Phi) is 8.12. The highest BCUT2D eigenvalue weighted by atomic mass is 16.5. The van der Waals surface area contributed by atoms with Crippen molar-refractivity contribution in [1.29, 1.82) is 5.26 Å². The number of esters is 1. The Morgan fingerprint density at radius 3 is 2.52 bits per heavy atom. The molecule has 2 aromatic rings. The molecule has 0 heterocycles. The van der Waals surface area contributed by atoms with Gasteiger partial charge in [0.25, 0.3) is 0 Å². The Labute approximate surface area is 161 Å². The number of ether oxygens (including phenoxy) is 2. The molecule has 2 aromatic carbocycles. The standard InChI is InChI=1S/C23H25NO3/c1-18(2)23(25)27-22-14-13-20(26-16-10-5-3-4-9-15-24)17-21(22)19-11-7-6-8-12-19/h6-8,11-14,17H,1,3-5,9-10,16H2,2H3. The van der Waals surface area contributed by atoms with Crippen LogP contribution in [0.3, 0.4) is 0 Å². The van der Waals surface area contributed by atoms with E-state index in [1.165, 1.54) is 0 Å². The molecule has 2 rings (SSSR count). The van der Waals surface area contributed by atoms with Crippen LogP contribution in [0.2, 0.25) is 0 Å². The number of carbonyl (C=O) groups excluding carboxylic acids is 1. The highest BCUT2D eigenvalue weighted by molar-refractivity contribution is 5.90. The quantitative estimate of drug-likeness (QED) is 0.235. The average molecular weight is 363 g/mol. The molecule has 0 unspecified atom stereocenters. The van der Waals surface area contributed by atoms with Crippen molar-refractivity contribution in [2.45, 2.75) is 39.0 Å². The number of benzene rings is 2. The van der Waals surface area contributed by atoms with Crippen molar-refractivity contribution in [2.24, 2.45) is 0 Å². The van der Waals surface area contributed by atoms with Crippen LogP contribution in [0, 0.1) is 11.3 Å². The van der Waals surface area contributed by atoms with Gasteiger partial charge < -0.3 is 9.47 Å². The van der Waals surface area contributed by atoms with Gasteiger partial charge in [0.2, 0.25) is 0 Å². The summed E-state index contributed by atoms with van der Waals surface area (Å²) in [6.07, 6.45) is 4.59. The lowest BCUT2D eigenvalue weighted by molar-refractivity contribution is -0.130. The molecule has 0 aliphatic carbocycles. The molecule has 0 spiro atoms. The first-order valence-corrected chi connectivity index (χ1v) is 9.18. The van der Waals surface area contributed by atoms with Crippen molar-refractivity contribution < 1.29 is 14.3 Å². The van der Waals surface area contributed by atoms with E-state index in [-0.39, 0.29) is 0 Å². The highest BCUT2D eigenvalue weighted by Crippen LogP contribution is 2.34. The minimum atomic E-state index is -0.446. The first kappa shape index (κ1) is 20.3. The molecule has 0 bridgehead atoms. The van der Waals surface area contributed by atoms with Gasteiger partial charge >= 0.3 is 5.97 Å². The van der Waals surface area contributed by atoms with Gasteiger partial charge in [0, 0.05) is 17.6 Å². The summed E-state index contributed by atoms with van der Waals surface area (Å²) >= 11 is 0. The van der Waals surface area contributed by atoms with Crippen LogP contribution in [-0.2, 0) is 4.79 Å². The van der Waals surface area contributed by atoms with Gasteiger partial charge in [-0.15, -0.1) is 0 Å². The largest absolute Gasteiger partial charge is 0.494 e. The summed E-state index contributed by atoms with van der Waals surface area (Å²) in [6.45, 7) is 5.87. The first-order valence-electron chi connectivity index (χ1n) is 9.18. The second kappa shape index (κ2) is 10.8. The average Bonchev–Trinajstić information content (AvgIpc) is 2.68. The molecular weight excluding hydrogens is 338 g/mol. The van der Waals surface area contributed by atoms with Crippen LogP contribution in [-0.4, -0.2) is 12.6 Å². The van der Waals surface area contributed by atoms with E-state index in [0.29, 0.717) is 24.4 Å². The van der Waals surface area contributed by atoms with E-state index in [9.17, 15) is 4.79 Å². The summed E-state index contributed by atoms with van der Waals surface area (Å²) < 4.78 is 11.3. The van der Waals surface area contributed by atoms with E-state index in [1.54, 1.807) is 13.0 Å². The molecule has 0 aromatic heterocycles. The van der Waals surface area contributed by atoms with Crippen molar-refractivity contribution in [3.63, 3.8) is 0 Å². The number of nitriles is 1. The summed E-state index contributed by atoms with van der Waals surface area (Å²) in [5.41, 5.74) is 2.10. The number of nitrogens with zero attached hydrogens (tertiary/aromatic N) is 1. The van der Waals surface area contributed by atoms with E-state index < -0.39 is 5.97 Å². The van der Waals surface area contributed by atoms with Crippen molar-refractivity contribution in [1.82, 2.24) is 0 Å². The molecule has 0 radical (unpaired) electrons. The molecule has 4 nitrogen and oxygen atoms in total. The van der Waals surface area contributed by atoms with Gasteiger partial charge in [0.1, 0.15) is 11.5 Å². The third kappa shape index (κ3) is 6.63. The lowest BCUT2D eigenvalue weighted by Gasteiger charge is -2.13. The number of unbranched alkanes of at least 4 members (excludes halogenated alkanes) is 4. The molecule has 0 aliphatic rings. The molecule has 0 atom stereocenters. The SMILES string of the molecule is C=C(C)C(=O)Oc1ccc(OCCCCCCC#N)cc1-c1ccccc1. The molecule has 27 heavy (non-hydrogen) atoms. The van der Waals surface area contributed by atoms with Crippen molar-refractivity contribution >= 4 is 5.97 Å². The van der Waals surface area contributed by atoms with Gasteiger partial charge in [-0.2, -0.15) is 5.26 Å². The number of hydrogen-bond donors (Lipinski definition) is 0. The summed E-state index contributed by atoms with van der Waals surface area (Å²) in [5.74, 6) is 0.775. The molecule has 4 heteroatoms. The summed E-state index contributed by atoms with van der Waals surface area (Å²) in [5, 5.41) is 8.53. The minimum Gasteiger partial charge on any atom is -0.494 e. The second-order valence-corrected chi connectivity index (χ2v) is 6.36. The second-order valence-electron chi connectivity index (χ2n) is 6.36. The lowest BCUT2D eigenvalue weighted by atomic mass is 10.0. The third-order valence-electron chi connectivity index (χ3n) is 4.04. The van der Waals surface area contributed by atoms with Gasteiger partial charge in [-0.1, -0.05) is 49.8 Å². The van der Waals surface area contributed by atoms with Crippen LogP contribution in [0.5, 0.6) is 11.5 Å². The maximum atomic E-state index is 11.9. The van der Waals surface area contributed by atoms with Crippen molar-refractivity contribution in [3.05, 3.63) is 60.7 Å². The van der Waals surface area contributed by atoms with E-state index in [0.717, 1.165) is 42.6 Å². The van der Waals surface area contributed by atoms with Crippen LogP contribution < -0.4 is 9.47 Å². The van der Waals surface area contributed by atoms with Gasteiger partial charge in [0.05, 0.1) is 12.7 Å². The normalized spacial score (nSPS) is 10.1. The maximum absolute atomic E-state index is 11.9. The minimum absolute atomic E-state index is 0.353. The molecule has 0 fully saturated rings. The van der Waals surface area contributed by atoms with Gasteiger partial charge in [-0.25, -0.2) is 4.79 Å². The highest BCUT2D eigenvalue weighted by Gasteiger charge is 2.13. The molecule has 0 saturated carbocycles. The Bertz CT molecular complexity index is 806. The Morgan fingerprint density at radius 2 is 1.81 bits per heavy atom. The Balaban J connectivity index is 2.06. The first-order chi connectivity index (χ1) is 13.1.